The number of carboxylic acid groups (broad SMARTS) is 1. The molecule has 2 aromatic heterocycles. The number of carbonyl (C=O) groups is 1. The van der Waals surface area contributed by atoms with E-state index in [4.69, 9.17) is 9.52 Å². The van der Waals surface area contributed by atoms with Crippen LogP contribution in [0.15, 0.2) is 22.9 Å². The maximum absolute atomic E-state index is 11.1. The van der Waals surface area contributed by atoms with Crippen LogP contribution in [-0.2, 0) is 5.41 Å². The molecule has 1 N–H and O–H groups in total. The minimum absolute atomic E-state index is 0.00972. The molecule has 4 nitrogen and oxygen atoms in total. The number of hydrogen-bond donors (Lipinski definition) is 1. The quantitative estimate of drug-likeness (QED) is 0.801. The van der Waals surface area contributed by atoms with Gasteiger partial charge in [-0.1, -0.05) is 20.8 Å². The second kappa shape index (κ2) is 3.33. The van der Waals surface area contributed by atoms with E-state index >= 15 is 0 Å². The topological polar surface area (TPSA) is 63.3 Å². The lowest BCUT2D eigenvalue weighted by Gasteiger charge is -2.17. The standard InChI is InChI=1S/C12H13NO3/c1-12(2,3)9-7-6-13-5-4-8(7)16-10(9)11(14)15/h4-6H,1-3H3,(H,14,15). The molecule has 0 saturated carbocycles. The third kappa shape index (κ3) is 1.56. The van der Waals surface area contributed by atoms with Crippen LogP contribution >= 0.6 is 0 Å². The number of nitrogens with zero attached hydrogens (tertiary/aromatic N) is 1. The Labute approximate surface area is 92.9 Å². The fourth-order valence-electron chi connectivity index (χ4n) is 1.84. The molecule has 0 bridgehead atoms. The maximum Gasteiger partial charge on any atom is 0.372 e. The van der Waals surface area contributed by atoms with E-state index in [9.17, 15) is 4.79 Å². The van der Waals surface area contributed by atoms with E-state index in [1.165, 1.54) is 0 Å². The highest BCUT2D eigenvalue weighted by Crippen LogP contribution is 2.34. The lowest BCUT2D eigenvalue weighted by Crippen LogP contribution is -2.15. The van der Waals surface area contributed by atoms with Crippen molar-refractivity contribution in [1.29, 1.82) is 0 Å². The fourth-order valence-corrected chi connectivity index (χ4v) is 1.84. The first-order chi connectivity index (χ1) is 7.41. The van der Waals surface area contributed by atoms with Gasteiger partial charge in [0.15, 0.2) is 0 Å². The molecule has 0 aliphatic heterocycles. The predicted molar refractivity (Wildman–Crippen MR) is 59.7 cm³/mol. The third-order valence-electron chi connectivity index (χ3n) is 2.43. The molecule has 0 spiro atoms. The van der Waals surface area contributed by atoms with Crippen LogP contribution in [0.4, 0.5) is 0 Å². The summed E-state index contributed by atoms with van der Waals surface area (Å²) >= 11 is 0. The van der Waals surface area contributed by atoms with Gasteiger partial charge in [-0.3, -0.25) is 4.98 Å². The molecule has 0 fully saturated rings. The maximum atomic E-state index is 11.1. The van der Waals surface area contributed by atoms with Crippen molar-refractivity contribution in [3.63, 3.8) is 0 Å². The highest BCUT2D eigenvalue weighted by molar-refractivity contribution is 5.95. The molecule has 0 radical (unpaired) electrons. The number of furan rings is 1. The molecule has 0 amide bonds. The Morgan fingerprint density at radius 3 is 2.69 bits per heavy atom. The van der Waals surface area contributed by atoms with Gasteiger partial charge in [0.25, 0.3) is 0 Å². The van der Waals surface area contributed by atoms with Crippen molar-refractivity contribution in [2.24, 2.45) is 0 Å². The summed E-state index contributed by atoms with van der Waals surface area (Å²) in [6, 6.07) is 1.68. The van der Waals surface area contributed by atoms with Gasteiger partial charge < -0.3 is 9.52 Å². The minimum Gasteiger partial charge on any atom is -0.475 e. The molecule has 16 heavy (non-hydrogen) atoms. The summed E-state index contributed by atoms with van der Waals surface area (Å²) in [6.07, 6.45) is 3.23. The normalized spacial score (nSPS) is 11.9. The number of aromatic carboxylic acids is 1. The number of hydrogen-bond acceptors (Lipinski definition) is 3. The molecule has 2 rings (SSSR count). The highest BCUT2D eigenvalue weighted by Gasteiger charge is 2.28. The first-order valence-electron chi connectivity index (χ1n) is 5.01. The van der Waals surface area contributed by atoms with E-state index in [2.05, 4.69) is 4.98 Å². The van der Waals surface area contributed by atoms with Gasteiger partial charge in [0.1, 0.15) is 5.58 Å². The largest absolute Gasteiger partial charge is 0.475 e. The van der Waals surface area contributed by atoms with Gasteiger partial charge in [0, 0.05) is 23.3 Å². The lowest BCUT2D eigenvalue weighted by atomic mass is 9.85. The Bertz CT molecular complexity index is 549. The van der Waals surface area contributed by atoms with Crippen LogP contribution in [0.1, 0.15) is 36.9 Å². The van der Waals surface area contributed by atoms with Gasteiger partial charge in [0.2, 0.25) is 5.76 Å². The molecular formula is C12H13NO3. The smallest absolute Gasteiger partial charge is 0.372 e. The van der Waals surface area contributed by atoms with Crippen LogP contribution in [0.2, 0.25) is 0 Å². The van der Waals surface area contributed by atoms with E-state index in [0.29, 0.717) is 11.1 Å². The van der Waals surface area contributed by atoms with Crippen LogP contribution in [0.3, 0.4) is 0 Å². The van der Waals surface area contributed by atoms with Gasteiger partial charge in [-0.15, -0.1) is 0 Å². The Hall–Kier alpha value is -1.84. The van der Waals surface area contributed by atoms with Crippen molar-refractivity contribution in [2.75, 3.05) is 0 Å². The average molecular weight is 219 g/mol. The summed E-state index contributed by atoms with van der Waals surface area (Å²) in [5, 5.41) is 9.89. The van der Waals surface area contributed by atoms with Gasteiger partial charge in [-0.25, -0.2) is 4.79 Å². The summed E-state index contributed by atoms with van der Waals surface area (Å²) < 4.78 is 5.35. The number of carboxylic acids is 1. The molecule has 0 aliphatic carbocycles. The molecule has 2 heterocycles. The van der Waals surface area contributed by atoms with Crippen molar-refractivity contribution in [3.05, 3.63) is 29.8 Å². The highest BCUT2D eigenvalue weighted by atomic mass is 16.4. The fraction of sp³-hybridized carbons (Fsp3) is 0.333. The Kier molecular flexibility index (Phi) is 2.22. The van der Waals surface area contributed by atoms with Crippen molar-refractivity contribution in [1.82, 2.24) is 4.98 Å². The lowest BCUT2D eigenvalue weighted by molar-refractivity contribution is 0.0661. The molecule has 4 heteroatoms. The van der Waals surface area contributed by atoms with Crippen molar-refractivity contribution < 1.29 is 14.3 Å². The molecule has 0 atom stereocenters. The summed E-state index contributed by atoms with van der Waals surface area (Å²) in [6.45, 7) is 5.87. The van der Waals surface area contributed by atoms with Crippen molar-refractivity contribution in [2.45, 2.75) is 26.2 Å². The monoisotopic (exact) mass is 219 g/mol. The van der Waals surface area contributed by atoms with E-state index in [1.54, 1.807) is 18.5 Å². The molecule has 84 valence electrons. The van der Waals surface area contributed by atoms with Gasteiger partial charge in [0.05, 0.1) is 0 Å². The second-order valence-corrected chi connectivity index (χ2v) is 4.73. The van der Waals surface area contributed by atoms with Crippen molar-refractivity contribution >= 4 is 16.9 Å². The van der Waals surface area contributed by atoms with E-state index in [-0.39, 0.29) is 11.2 Å². The molecule has 0 unspecified atom stereocenters. The first-order valence-corrected chi connectivity index (χ1v) is 5.01. The van der Waals surface area contributed by atoms with Crippen molar-refractivity contribution in [3.8, 4) is 0 Å². The van der Waals surface area contributed by atoms with E-state index in [1.807, 2.05) is 20.8 Å². The summed E-state index contributed by atoms with van der Waals surface area (Å²) in [5.74, 6) is -1.03. The number of rotatable bonds is 1. The predicted octanol–water partition coefficient (Wildman–Crippen LogP) is 2.82. The second-order valence-electron chi connectivity index (χ2n) is 4.73. The SMILES string of the molecule is CC(C)(C)c1c(C(=O)O)oc2ccncc12. The first kappa shape index (κ1) is 10.7. The third-order valence-corrected chi connectivity index (χ3v) is 2.43. The molecule has 0 saturated heterocycles. The number of pyridine rings is 1. The van der Waals surface area contributed by atoms with Gasteiger partial charge >= 0.3 is 5.97 Å². The summed E-state index contributed by atoms with van der Waals surface area (Å²) in [5.41, 5.74) is 0.975. The molecular weight excluding hydrogens is 206 g/mol. The molecule has 2 aromatic rings. The Balaban J connectivity index is 2.85. The van der Waals surface area contributed by atoms with Crippen LogP contribution in [-0.4, -0.2) is 16.1 Å². The number of aromatic nitrogens is 1. The van der Waals surface area contributed by atoms with Crippen LogP contribution in [0.5, 0.6) is 0 Å². The Morgan fingerprint density at radius 1 is 1.44 bits per heavy atom. The summed E-state index contributed by atoms with van der Waals surface area (Å²) in [7, 11) is 0. The minimum atomic E-state index is -1.04. The van der Waals surface area contributed by atoms with E-state index < -0.39 is 5.97 Å². The zero-order chi connectivity index (χ0) is 11.9. The molecule has 0 aromatic carbocycles. The van der Waals surface area contributed by atoms with Crippen LogP contribution < -0.4 is 0 Å². The van der Waals surface area contributed by atoms with Crippen LogP contribution in [0.25, 0.3) is 11.0 Å². The molecule has 0 aliphatic rings. The zero-order valence-corrected chi connectivity index (χ0v) is 9.44. The Morgan fingerprint density at radius 2 is 2.12 bits per heavy atom. The van der Waals surface area contributed by atoms with E-state index in [0.717, 1.165) is 5.39 Å². The number of fused-ring (bicyclic) bond motifs is 1. The van der Waals surface area contributed by atoms with Gasteiger partial charge in [-0.05, 0) is 11.5 Å². The van der Waals surface area contributed by atoms with Crippen LogP contribution in [0, 0.1) is 0 Å². The zero-order valence-electron chi connectivity index (χ0n) is 9.44. The summed E-state index contributed by atoms with van der Waals surface area (Å²) in [4.78, 5) is 15.1. The average Bonchev–Trinajstić information content (AvgIpc) is 2.55. The van der Waals surface area contributed by atoms with Gasteiger partial charge in [-0.2, -0.15) is 0 Å².